The van der Waals surface area contributed by atoms with Crippen molar-refractivity contribution in [3.05, 3.63) is 0 Å². The molecule has 0 amide bonds. The van der Waals surface area contributed by atoms with Gasteiger partial charge in [-0.3, -0.25) is 9.59 Å². The number of likely N-dealkylation sites (N-methyl/N-ethyl adjacent to an activating group) is 1. The Bertz CT molecular complexity index is 1130. The van der Waals surface area contributed by atoms with E-state index in [1.807, 2.05) is 13.8 Å². The van der Waals surface area contributed by atoms with E-state index in [4.69, 9.17) is 33.2 Å². The average Bonchev–Trinajstić information content (AvgIpc) is 3.08. The summed E-state index contributed by atoms with van der Waals surface area (Å²) in [6.07, 6.45) is -8.71. The Morgan fingerprint density at radius 2 is 1.52 bits per heavy atom. The number of Topliss-reactive ketones (excluding diaryl/α,β-unsaturated/α-hetero) is 1. The largest absolute Gasteiger partial charge is 0.459 e. The number of esters is 1. The number of rotatable bonds is 8. The Hall–Kier alpha value is -1.30. The van der Waals surface area contributed by atoms with Crippen molar-refractivity contribution in [1.29, 1.82) is 0 Å². The van der Waals surface area contributed by atoms with Crippen LogP contribution in [0.25, 0.3) is 0 Å². The van der Waals surface area contributed by atoms with Crippen LogP contribution < -0.4 is 5.32 Å². The number of ketones is 1. The Morgan fingerprint density at radius 3 is 2.08 bits per heavy atom. The molecule has 0 aromatic heterocycles. The minimum Gasteiger partial charge on any atom is -0.459 e. The minimum absolute atomic E-state index is 0.0418. The van der Waals surface area contributed by atoms with E-state index in [0.29, 0.717) is 6.42 Å². The Morgan fingerprint density at radius 1 is 0.900 bits per heavy atom. The second-order valence-corrected chi connectivity index (χ2v) is 15.5. The summed E-state index contributed by atoms with van der Waals surface area (Å²) in [6, 6.07) is -0.328. The SMILES string of the molecule is CC[C@H]1OC(=O)[C@H](C)[C@@H](O[C@H]2C[C@@](C)(OC)[C@@H](O)[C@H](C)O2)[C@H](C)[C@@H](O[C@@H]2O[C@H](C)C[C@H](NC)[C@H]2O)[C@@](C)(OC)CCC(=O)[C@H](C)[C@@H](O)[C@]1(C)O. The molecule has 0 bridgehead atoms. The molecule has 14 nitrogen and oxygen atoms in total. The van der Waals surface area contributed by atoms with Crippen LogP contribution in [-0.2, 0) is 42.7 Å². The first-order chi connectivity index (χ1) is 23.2. The lowest BCUT2D eigenvalue weighted by molar-refractivity contribution is -0.316. The lowest BCUT2D eigenvalue weighted by Crippen LogP contribution is -2.61. The van der Waals surface area contributed by atoms with Crippen LogP contribution in [0.15, 0.2) is 0 Å². The number of cyclic esters (lactones) is 1. The fourth-order valence-electron chi connectivity index (χ4n) is 7.89. The fraction of sp³-hybridized carbons (Fsp3) is 0.944. The predicted octanol–water partition coefficient (Wildman–Crippen LogP) is 1.85. The molecule has 0 aliphatic carbocycles. The number of hydrogen-bond acceptors (Lipinski definition) is 14. The molecule has 0 unspecified atom stereocenters. The lowest BCUT2D eigenvalue weighted by Gasteiger charge is -2.49. The topological polar surface area (TPSA) is 192 Å². The molecule has 3 rings (SSSR count). The molecule has 17 atom stereocenters. The van der Waals surface area contributed by atoms with Crippen LogP contribution >= 0.6 is 0 Å². The third kappa shape index (κ3) is 9.07. The lowest BCUT2D eigenvalue weighted by atomic mass is 9.76. The van der Waals surface area contributed by atoms with Crippen molar-refractivity contribution in [3.8, 4) is 0 Å². The zero-order chi connectivity index (χ0) is 37.9. The summed E-state index contributed by atoms with van der Waals surface area (Å²) in [5.74, 6) is -3.74. The quantitative estimate of drug-likeness (QED) is 0.228. The molecule has 0 aromatic rings. The van der Waals surface area contributed by atoms with Crippen LogP contribution in [0, 0.1) is 17.8 Å². The van der Waals surface area contributed by atoms with Gasteiger partial charge in [-0.25, -0.2) is 0 Å². The molecule has 3 saturated heterocycles. The zero-order valence-electron chi connectivity index (χ0n) is 32.1. The monoisotopic (exact) mass is 719 g/mol. The van der Waals surface area contributed by atoms with Gasteiger partial charge in [0, 0.05) is 44.9 Å². The normalized spacial score (nSPS) is 48.9. The molecule has 292 valence electrons. The van der Waals surface area contributed by atoms with Gasteiger partial charge in [0.25, 0.3) is 0 Å². The Balaban J connectivity index is 2.17. The van der Waals surface area contributed by atoms with Crippen molar-refractivity contribution in [2.75, 3.05) is 21.3 Å². The Labute approximate surface area is 297 Å². The summed E-state index contributed by atoms with van der Waals surface area (Å²) in [7, 11) is 4.74. The maximum Gasteiger partial charge on any atom is 0.311 e. The third-order valence-electron chi connectivity index (χ3n) is 11.7. The van der Waals surface area contributed by atoms with Crippen molar-refractivity contribution in [2.24, 2.45) is 17.8 Å². The number of hydrogen-bond donors (Lipinski definition) is 5. The van der Waals surface area contributed by atoms with Crippen LogP contribution in [0.3, 0.4) is 0 Å². The molecule has 5 N–H and O–H groups in total. The number of methoxy groups -OCH3 is 2. The highest BCUT2D eigenvalue weighted by Gasteiger charge is 2.53. The van der Waals surface area contributed by atoms with Gasteiger partial charge in [0.2, 0.25) is 0 Å². The van der Waals surface area contributed by atoms with Gasteiger partial charge in [-0.05, 0) is 67.9 Å². The summed E-state index contributed by atoms with van der Waals surface area (Å²) < 4.78 is 43.4. The molecule has 3 aliphatic heterocycles. The molecule has 0 saturated carbocycles. The summed E-state index contributed by atoms with van der Waals surface area (Å²) >= 11 is 0. The summed E-state index contributed by atoms with van der Waals surface area (Å²) in [5, 5.41) is 48.1. The van der Waals surface area contributed by atoms with E-state index in [2.05, 4.69) is 5.32 Å². The molecule has 3 heterocycles. The highest BCUT2D eigenvalue weighted by molar-refractivity contribution is 5.81. The molecule has 0 aromatic carbocycles. The molecule has 0 spiro atoms. The standard InChI is InChI=1S/C36H65NO13/c1-13-25-36(9,43)29(40)19(3)24(38)14-15-34(7,44-11)31(50-33-27(39)23(37-10)16-18(2)46-33)20(4)28(21(5)32(42)48-25)49-26-17-35(8,45-12)30(41)22(6)47-26/h18-23,25-31,33,37,39-41,43H,13-17H2,1-12H3/t18-,19+,20+,21-,22+,23+,25-,26+,27-,28+,29-,30+,31-,33+,34+,35-,36-/m1/s1. The Kier molecular flexibility index (Phi) is 14.9. The van der Waals surface area contributed by atoms with Crippen LogP contribution in [0.2, 0.25) is 0 Å². The van der Waals surface area contributed by atoms with Crippen molar-refractivity contribution in [1.82, 2.24) is 5.32 Å². The second kappa shape index (κ2) is 17.2. The minimum atomic E-state index is -1.95. The fourth-order valence-corrected chi connectivity index (χ4v) is 7.89. The van der Waals surface area contributed by atoms with Crippen LogP contribution in [0.1, 0.15) is 94.4 Å². The van der Waals surface area contributed by atoms with Crippen LogP contribution in [-0.4, -0.2) is 138 Å². The van der Waals surface area contributed by atoms with Gasteiger partial charge in [0.05, 0.1) is 47.6 Å². The number of ether oxygens (including phenoxy) is 7. The van der Waals surface area contributed by atoms with Crippen molar-refractivity contribution >= 4 is 11.8 Å². The van der Waals surface area contributed by atoms with Crippen molar-refractivity contribution < 1.29 is 63.2 Å². The van der Waals surface area contributed by atoms with E-state index < -0.39 is 95.8 Å². The van der Waals surface area contributed by atoms with Crippen molar-refractivity contribution in [2.45, 2.75) is 179 Å². The molecular weight excluding hydrogens is 654 g/mol. The van der Waals surface area contributed by atoms with Gasteiger partial charge in [-0.1, -0.05) is 20.8 Å². The van der Waals surface area contributed by atoms with E-state index in [0.717, 1.165) is 0 Å². The van der Waals surface area contributed by atoms with E-state index in [1.54, 1.807) is 41.7 Å². The molecular formula is C36H65NO13. The average molecular weight is 720 g/mol. The van der Waals surface area contributed by atoms with Gasteiger partial charge in [-0.15, -0.1) is 0 Å². The zero-order valence-corrected chi connectivity index (χ0v) is 32.1. The molecule has 3 aliphatic rings. The van der Waals surface area contributed by atoms with E-state index in [-0.39, 0.29) is 43.6 Å². The maximum atomic E-state index is 14.1. The van der Waals surface area contributed by atoms with Gasteiger partial charge >= 0.3 is 5.97 Å². The van der Waals surface area contributed by atoms with Gasteiger partial charge in [0.1, 0.15) is 29.7 Å². The number of aliphatic hydroxyl groups is 4. The summed E-state index contributed by atoms with van der Waals surface area (Å²) in [6.45, 7) is 15.2. The van der Waals surface area contributed by atoms with Crippen LogP contribution in [0.5, 0.6) is 0 Å². The first-order valence-corrected chi connectivity index (χ1v) is 18.1. The summed E-state index contributed by atoms with van der Waals surface area (Å²) in [5.41, 5.74) is -4.19. The van der Waals surface area contributed by atoms with Crippen molar-refractivity contribution in [3.63, 3.8) is 0 Å². The number of aliphatic hydroxyl groups excluding tert-OH is 3. The third-order valence-corrected chi connectivity index (χ3v) is 11.7. The van der Waals surface area contributed by atoms with E-state index in [9.17, 15) is 30.0 Å². The first-order valence-electron chi connectivity index (χ1n) is 18.1. The number of carbonyl (C=O) groups is 2. The highest BCUT2D eigenvalue weighted by Crippen LogP contribution is 2.40. The first kappa shape index (κ1) is 43.1. The molecule has 3 fully saturated rings. The highest BCUT2D eigenvalue weighted by atomic mass is 16.7. The van der Waals surface area contributed by atoms with Gasteiger partial charge in [0.15, 0.2) is 12.6 Å². The van der Waals surface area contributed by atoms with Gasteiger partial charge in [-0.2, -0.15) is 0 Å². The maximum absolute atomic E-state index is 14.1. The predicted molar refractivity (Wildman–Crippen MR) is 182 cm³/mol. The molecule has 14 heteroatoms. The number of nitrogens with one attached hydrogen (secondary N) is 1. The van der Waals surface area contributed by atoms with Crippen LogP contribution in [0.4, 0.5) is 0 Å². The molecule has 50 heavy (non-hydrogen) atoms. The summed E-state index contributed by atoms with van der Waals surface area (Å²) in [4.78, 5) is 27.7. The number of carbonyl (C=O) groups excluding carboxylic acids is 2. The van der Waals surface area contributed by atoms with E-state index in [1.165, 1.54) is 28.1 Å². The molecule has 0 radical (unpaired) electrons. The van der Waals surface area contributed by atoms with Gasteiger partial charge < -0.3 is 58.9 Å². The smallest absolute Gasteiger partial charge is 0.311 e. The second-order valence-electron chi connectivity index (χ2n) is 15.5. The van der Waals surface area contributed by atoms with E-state index >= 15 is 0 Å².